The van der Waals surface area contributed by atoms with E-state index >= 15 is 0 Å². The van der Waals surface area contributed by atoms with Crippen molar-refractivity contribution in [2.45, 2.75) is 6.61 Å². The number of rotatable bonds is 2. The lowest BCUT2D eigenvalue weighted by Gasteiger charge is -2.17. The number of carbonyl (C=O) groups excluding carboxylic acids is 2. The zero-order valence-corrected chi connectivity index (χ0v) is 12.7. The second-order valence-electron chi connectivity index (χ2n) is 4.94. The predicted molar refractivity (Wildman–Crippen MR) is 82.4 cm³/mol. The van der Waals surface area contributed by atoms with Gasteiger partial charge < -0.3 is 4.84 Å². The molecule has 24 heavy (non-hydrogen) atoms. The minimum Gasteiger partial charge on any atom is -0.398 e. The fourth-order valence-corrected chi connectivity index (χ4v) is 2.36. The van der Waals surface area contributed by atoms with E-state index in [1.54, 1.807) is 24.3 Å². The van der Waals surface area contributed by atoms with Gasteiger partial charge in [0.25, 0.3) is 5.91 Å². The van der Waals surface area contributed by atoms with E-state index in [0.29, 0.717) is 16.2 Å². The Balaban J connectivity index is 2.03. The van der Waals surface area contributed by atoms with Gasteiger partial charge in [0.1, 0.15) is 19.5 Å². The van der Waals surface area contributed by atoms with Crippen molar-refractivity contribution in [3.05, 3.63) is 71.0 Å². The summed E-state index contributed by atoms with van der Waals surface area (Å²) >= 11 is 0. The minimum absolute atomic E-state index is 0.0369. The van der Waals surface area contributed by atoms with E-state index in [1.807, 2.05) is 0 Å². The molecular weight excluding hydrogens is 315 g/mol. The Morgan fingerprint density at radius 1 is 1.21 bits per heavy atom. The van der Waals surface area contributed by atoms with Gasteiger partial charge in [-0.15, -0.1) is 5.06 Å². The topological polar surface area (TPSA) is 68.2 Å². The maximum Gasteiger partial charge on any atom is 0.307 e. The molecule has 0 saturated heterocycles. The van der Waals surface area contributed by atoms with E-state index in [9.17, 15) is 14.0 Å². The van der Waals surface area contributed by atoms with Crippen LogP contribution in [-0.2, 0) is 21.1 Å². The summed E-state index contributed by atoms with van der Waals surface area (Å²) in [7, 11) is 1.29. The van der Waals surface area contributed by atoms with Crippen molar-refractivity contribution < 1.29 is 23.7 Å². The van der Waals surface area contributed by atoms with Crippen LogP contribution >= 0.6 is 0 Å². The Morgan fingerprint density at radius 3 is 2.67 bits per heavy atom. The average Bonchev–Trinajstić information content (AvgIpc) is 2.73. The first-order chi connectivity index (χ1) is 11.6. The number of oxime groups is 1. The summed E-state index contributed by atoms with van der Waals surface area (Å²) in [5.74, 6) is -2.48. The van der Waals surface area contributed by atoms with E-state index in [2.05, 4.69) is 5.16 Å². The molecule has 0 radical (unpaired) electrons. The smallest absolute Gasteiger partial charge is 0.307 e. The molecule has 0 saturated carbocycles. The van der Waals surface area contributed by atoms with Gasteiger partial charge in [-0.2, -0.15) is 0 Å². The molecule has 2 amide bonds. The second kappa shape index (κ2) is 6.59. The molecule has 1 heterocycles. The number of fused-ring (bicyclic) bond motifs is 1. The molecule has 0 N–H and O–H groups in total. The van der Waals surface area contributed by atoms with Crippen LogP contribution < -0.4 is 0 Å². The first-order valence-corrected chi connectivity index (χ1v) is 7.09. The predicted octanol–water partition coefficient (Wildman–Crippen LogP) is 2.29. The van der Waals surface area contributed by atoms with Crippen molar-refractivity contribution in [1.29, 1.82) is 0 Å². The zero-order chi connectivity index (χ0) is 17.1. The molecule has 6 nitrogen and oxygen atoms in total. The second-order valence-corrected chi connectivity index (χ2v) is 4.94. The summed E-state index contributed by atoms with van der Waals surface area (Å²) < 4.78 is 13.9. The van der Waals surface area contributed by atoms with Crippen molar-refractivity contribution in [3.63, 3.8) is 0 Å². The van der Waals surface area contributed by atoms with Crippen molar-refractivity contribution >= 4 is 17.5 Å². The molecule has 0 atom stereocenters. The molecule has 0 bridgehead atoms. The maximum atomic E-state index is 13.9. The average molecular weight is 328 g/mol. The molecule has 0 fully saturated rings. The molecular formula is C17H13FN2O4. The molecule has 0 unspecified atom stereocenters. The molecule has 0 spiro atoms. The van der Waals surface area contributed by atoms with Crippen LogP contribution in [-0.4, -0.2) is 29.7 Å². The van der Waals surface area contributed by atoms with Crippen LogP contribution in [0.2, 0.25) is 0 Å². The van der Waals surface area contributed by atoms with Gasteiger partial charge >= 0.3 is 5.91 Å². The molecule has 0 aromatic heterocycles. The van der Waals surface area contributed by atoms with Crippen LogP contribution in [0.5, 0.6) is 0 Å². The number of hydrogen-bond acceptors (Lipinski definition) is 5. The molecule has 2 aromatic rings. The molecule has 122 valence electrons. The molecule has 2 aromatic carbocycles. The van der Waals surface area contributed by atoms with E-state index in [-0.39, 0.29) is 17.9 Å². The van der Waals surface area contributed by atoms with Crippen molar-refractivity contribution in [1.82, 2.24) is 5.06 Å². The number of carbonyl (C=O) groups is 2. The molecule has 1 aliphatic rings. The van der Waals surface area contributed by atoms with Gasteiger partial charge in [-0.1, -0.05) is 41.6 Å². The lowest BCUT2D eigenvalue weighted by atomic mass is 10.0. The fraction of sp³-hybridized carbons (Fsp3) is 0.118. The Hall–Kier alpha value is -3.06. The Bertz CT molecular complexity index is 835. The van der Waals surface area contributed by atoms with Crippen LogP contribution in [0.3, 0.4) is 0 Å². The van der Waals surface area contributed by atoms with Gasteiger partial charge in [0.05, 0.1) is 5.56 Å². The van der Waals surface area contributed by atoms with Gasteiger partial charge in [0.15, 0.2) is 5.71 Å². The number of amides is 2. The number of imide groups is 1. The maximum absolute atomic E-state index is 13.9. The zero-order valence-electron chi connectivity index (χ0n) is 12.7. The minimum atomic E-state index is -0.908. The Kier molecular flexibility index (Phi) is 4.35. The number of nitrogens with zero attached hydrogens (tertiary/aromatic N) is 2. The summed E-state index contributed by atoms with van der Waals surface area (Å²) in [5.41, 5.74) is 0.794. The van der Waals surface area contributed by atoms with E-state index in [0.717, 1.165) is 6.07 Å². The third kappa shape index (κ3) is 2.77. The van der Waals surface area contributed by atoms with E-state index < -0.39 is 17.6 Å². The summed E-state index contributed by atoms with van der Waals surface area (Å²) in [5, 5.41) is 4.22. The SMILES string of the molecule is CO/N=C1/C(=O)N(C(=O)c2ccccc2F)OCc2ccccc21. The first-order valence-electron chi connectivity index (χ1n) is 7.09. The number of hydrogen-bond donors (Lipinski definition) is 0. The van der Waals surface area contributed by atoms with Crippen LogP contribution in [0.15, 0.2) is 53.7 Å². The standard InChI is InChI=1S/C17H13FN2O4/c1-23-19-15-12-7-3-2-6-11(12)10-24-20(17(15)22)16(21)13-8-4-5-9-14(13)18/h2-9H,10H2,1H3/b19-15+. The summed E-state index contributed by atoms with van der Waals surface area (Å²) in [6.45, 7) is -0.0369. The molecule has 1 aliphatic heterocycles. The fourth-order valence-electron chi connectivity index (χ4n) is 2.36. The lowest BCUT2D eigenvalue weighted by molar-refractivity contribution is -0.165. The number of halogens is 1. The highest BCUT2D eigenvalue weighted by Gasteiger charge is 2.34. The van der Waals surface area contributed by atoms with Crippen LogP contribution in [0, 0.1) is 5.82 Å². The normalized spacial score (nSPS) is 15.8. The highest BCUT2D eigenvalue weighted by Crippen LogP contribution is 2.21. The van der Waals surface area contributed by atoms with Crippen LogP contribution in [0.4, 0.5) is 4.39 Å². The monoisotopic (exact) mass is 328 g/mol. The van der Waals surface area contributed by atoms with E-state index in [1.165, 1.54) is 25.3 Å². The van der Waals surface area contributed by atoms with Crippen LogP contribution in [0.1, 0.15) is 21.5 Å². The van der Waals surface area contributed by atoms with Crippen molar-refractivity contribution in [2.24, 2.45) is 5.16 Å². The summed E-state index contributed by atoms with van der Waals surface area (Å²) in [6, 6.07) is 12.3. The highest BCUT2D eigenvalue weighted by atomic mass is 19.1. The van der Waals surface area contributed by atoms with Gasteiger partial charge in [0, 0.05) is 5.56 Å². The third-order valence-corrected chi connectivity index (χ3v) is 3.48. The third-order valence-electron chi connectivity index (χ3n) is 3.48. The van der Waals surface area contributed by atoms with Gasteiger partial charge in [-0.25, -0.2) is 4.39 Å². The molecule has 0 aliphatic carbocycles. The largest absolute Gasteiger partial charge is 0.398 e. The highest BCUT2D eigenvalue weighted by molar-refractivity contribution is 6.47. The lowest BCUT2D eigenvalue weighted by Crippen LogP contribution is -2.40. The van der Waals surface area contributed by atoms with Crippen LogP contribution in [0.25, 0.3) is 0 Å². The Labute approximate surface area is 137 Å². The van der Waals surface area contributed by atoms with Gasteiger partial charge in [-0.05, 0) is 17.7 Å². The summed E-state index contributed by atoms with van der Waals surface area (Å²) in [6.07, 6.45) is 0. The number of hydroxylamine groups is 2. The summed E-state index contributed by atoms with van der Waals surface area (Å²) in [4.78, 5) is 35.2. The Morgan fingerprint density at radius 2 is 1.92 bits per heavy atom. The van der Waals surface area contributed by atoms with Crippen molar-refractivity contribution in [3.8, 4) is 0 Å². The van der Waals surface area contributed by atoms with E-state index in [4.69, 9.17) is 9.68 Å². The molecule has 7 heteroatoms. The molecule has 3 rings (SSSR count). The van der Waals surface area contributed by atoms with Gasteiger partial charge in [0.2, 0.25) is 0 Å². The first kappa shape index (κ1) is 15.8. The van der Waals surface area contributed by atoms with Crippen molar-refractivity contribution in [2.75, 3.05) is 7.11 Å². The quantitative estimate of drug-likeness (QED) is 0.626. The van der Waals surface area contributed by atoms with Gasteiger partial charge in [-0.3, -0.25) is 14.4 Å². The number of benzene rings is 2.